The number of hydrogen-bond donors (Lipinski definition) is 1. The van der Waals surface area contributed by atoms with Gasteiger partial charge in [-0.1, -0.05) is 26.8 Å². The van der Waals surface area contributed by atoms with Crippen LogP contribution in [0.25, 0.3) is 0 Å². The molecule has 2 aromatic rings. The van der Waals surface area contributed by atoms with Gasteiger partial charge in [0.25, 0.3) is 0 Å². The SMILES string of the molecule is Cc1ccc(Br)c(NCc2ccc(C(C)(C)C)s2)c1. The minimum Gasteiger partial charge on any atom is -0.379 e. The summed E-state index contributed by atoms with van der Waals surface area (Å²) in [6, 6.07) is 10.8. The van der Waals surface area contributed by atoms with Gasteiger partial charge in [-0.15, -0.1) is 11.3 Å². The largest absolute Gasteiger partial charge is 0.379 e. The van der Waals surface area contributed by atoms with Crippen LogP contribution < -0.4 is 5.32 Å². The van der Waals surface area contributed by atoms with Gasteiger partial charge in [0.15, 0.2) is 0 Å². The number of hydrogen-bond acceptors (Lipinski definition) is 2. The highest BCUT2D eigenvalue weighted by Crippen LogP contribution is 2.30. The van der Waals surface area contributed by atoms with Crippen LogP contribution in [0.4, 0.5) is 5.69 Å². The molecule has 0 saturated carbocycles. The van der Waals surface area contributed by atoms with Gasteiger partial charge in [0.1, 0.15) is 0 Å². The Kier molecular flexibility index (Phi) is 4.36. The van der Waals surface area contributed by atoms with Crippen molar-refractivity contribution in [1.82, 2.24) is 0 Å². The molecular formula is C16H20BrNS. The maximum Gasteiger partial charge on any atom is 0.0494 e. The minimum atomic E-state index is 0.243. The van der Waals surface area contributed by atoms with Crippen molar-refractivity contribution in [2.45, 2.75) is 39.7 Å². The molecule has 0 amide bonds. The molecule has 0 aliphatic carbocycles. The van der Waals surface area contributed by atoms with E-state index in [4.69, 9.17) is 0 Å². The van der Waals surface area contributed by atoms with Gasteiger partial charge in [-0.25, -0.2) is 0 Å². The van der Waals surface area contributed by atoms with Crippen molar-refractivity contribution in [3.05, 3.63) is 50.1 Å². The summed E-state index contributed by atoms with van der Waals surface area (Å²) in [5.41, 5.74) is 2.67. The molecule has 3 heteroatoms. The molecule has 0 spiro atoms. The smallest absolute Gasteiger partial charge is 0.0494 e. The molecule has 1 aromatic heterocycles. The predicted octanol–water partition coefficient (Wildman–Crippen LogP) is 5.73. The van der Waals surface area contributed by atoms with Gasteiger partial charge in [0.2, 0.25) is 0 Å². The molecule has 0 atom stereocenters. The van der Waals surface area contributed by atoms with Crippen molar-refractivity contribution < 1.29 is 0 Å². The van der Waals surface area contributed by atoms with Gasteiger partial charge < -0.3 is 5.32 Å². The van der Waals surface area contributed by atoms with E-state index in [1.165, 1.54) is 15.3 Å². The van der Waals surface area contributed by atoms with E-state index < -0.39 is 0 Å². The van der Waals surface area contributed by atoms with Crippen LogP contribution in [0.1, 0.15) is 36.1 Å². The Bertz CT molecular complexity index is 566. The van der Waals surface area contributed by atoms with Crippen molar-refractivity contribution in [1.29, 1.82) is 0 Å². The van der Waals surface area contributed by atoms with Crippen molar-refractivity contribution >= 4 is 33.0 Å². The van der Waals surface area contributed by atoms with Crippen molar-refractivity contribution in [3.8, 4) is 0 Å². The highest BCUT2D eigenvalue weighted by atomic mass is 79.9. The monoisotopic (exact) mass is 337 g/mol. The third-order valence-electron chi connectivity index (χ3n) is 2.98. The van der Waals surface area contributed by atoms with Crippen LogP contribution in [0.3, 0.4) is 0 Å². The number of nitrogens with one attached hydrogen (secondary N) is 1. The Hall–Kier alpha value is -0.800. The lowest BCUT2D eigenvalue weighted by Gasteiger charge is -2.15. The number of aryl methyl sites for hydroxylation is 1. The van der Waals surface area contributed by atoms with E-state index in [0.717, 1.165) is 16.7 Å². The summed E-state index contributed by atoms with van der Waals surface area (Å²) in [7, 11) is 0. The number of benzene rings is 1. The van der Waals surface area contributed by atoms with E-state index in [2.05, 4.69) is 79.3 Å². The molecule has 0 radical (unpaired) electrons. The van der Waals surface area contributed by atoms with Crippen LogP contribution in [0, 0.1) is 6.92 Å². The topological polar surface area (TPSA) is 12.0 Å². The second kappa shape index (κ2) is 5.68. The van der Waals surface area contributed by atoms with Gasteiger partial charge in [-0.05, 0) is 58.1 Å². The average Bonchev–Trinajstić information content (AvgIpc) is 2.79. The van der Waals surface area contributed by atoms with Crippen molar-refractivity contribution in [2.75, 3.05) is 5.32 Å². The molecule has 1 heterocycles. The predicted molar refractivity (Wildman–Crippen MR) is 89.2 cm³/mol. The summed E-state index contributed by atoms with van der Waals surface area (Å²) in [4.78, 5) is 2.81. The molecule has 0 saturated heterocycles. The molecular weight excluding hydrogens is 318 g/mol. The fraction of sp³-hybridized carbons (Fsp3) is 0.375. The molecule has 0 aliphatic rings. The van der Waals surface area contributed by atoms with Crippen LogP contribution in [-0.2, 0) is 12.0 Å². The fourth-order valence-electron chi connectivity index (χ4n) is 1.83. The first-order valence-electron chi connectivity index (χ1n) is 6.45. The molecule has 0 fully saturated rings. The average molecular weight is 338 g/mol. The maximum atomic E-state index is 3.58. The Labute approximate surface area is 128 Å². The van der Waals surface area contributed by atoms with Crippen LogP contribution in [0.15, 0.2) is 34.8 Å². The lowest BCUT2D eigenvalue weighted by atomic mass is 9.95. The van der Waals surface area contributed by atoms with Crippen LogP contribution >= 0.6 is 27.3 Å². The Morgan fingerprint density at radius 2 is 1.89 bits per heavy atom. The molecule has 0 aliphatic heterocycles. The highest BCUT2D eigenvalue weighted by Gasteiger charge is 2.15. The molecule has 19 heavy (non-hydrogen) atoms. The van der Waals surface area contributed by atoms with Gasteiger partial charge in [0.05, 0.1) is 0 Å². The zero-order chi connectivity index (χ0) is 14.0. The molecule has 1 aromatic carbocycles. The second-order valence-electron chi connectivity index (χ2n) is 5.85. The quantitative estimate of drug-likeness (QED) is 0.754. The van der Waals surface area contributed by atoms with Crippen molar-refractivity contribution in [3.63, 3.8) is 0 Å². The Morgan fingerprint density at radius 3 is 2.53 bits per heavy atom. The summed E-state index contributed by atoms with van der Waals surface area (Å²) in [6.45, 7) is 9.76. The lowest BCUT2D eigenvalue weighted by Crippen LogP contribution is -2.07. The van der Waals surface area contributed by atoms with E-state index in [9.17, 15) is 0 Å². The number of halogens is 1. The molecule has 2 rings (SSSR count). The molecule has 0 unspecified atom stereocenters. The molecule has 1 nitrogen and oxygen atoms in total. The molecule has 0 bridgehead atoms. The van der Waals surface area contributed by atoms with Gasteiger partial charge >= 0.3 is 0 Å². The van der Waals surface area contributed by atoms with Crippen LogP contribution in [0.2, 0.25) is 0 Å². The number of rotatable bonds is 3. The van der Waals surface area contributed by atoms with E-state index >= 15 is 0 Å². The summed E-state index contributed by atoms with van der Waals surface area (Å²) in [6.07, 6.45) is 0. The van der Waals surface area contributed by atoms with E-state index in [0.29, 0.717) is 0 Å². The van der Waals surface area contributed by atoms with Gasteiger partial charge in [-0.3, -0.25) is 0 Å². The summed E-state index contributed by atoms with van der Waals surface area (Å²) < 4.78 is 1.12. The van der Waals surface area contributed by atoms with Crippen LogP contribution in [0.5, 0.6) is 0 Å². The van der Waals surface area contributed by atoms with Gasteiger partial charge in [-0.2, -0.15) is 0 Å². The van der Waals surface area contributed by atoms with E-state index in [1.807, 2.05) is 11.3 Å². The third kappa shape index (κ3) is 3.83. The number of thiophene rings is 1. The Morgan fingerprint density at radius 1 is 1.16 bits per heavy atom. The normalized spacial score (nSPS) is 11.6. The standard InChI is InChI=1S/C16H20BrNS/c1-11-5-7-13(17)14(9-11)18-10-12-6-8-15(19-12)16(2,3)4/h5-9,18H,10H2,1-4H3. The first-order chi connectivity index (χ1) is 8.86. The third-order valence-corrected chi connectivity index (χ3v) is 5.18. The molecule has 1 N–H and O–H groups in total. The highest BCUT2D eigenvalue weighted by molar-refractivity contribution is 9.10. The lowest BCUT2D eigenvalue weighted by molar-refractivity contribution is 0.604. The Balaban J connectivity index is 2.06. The first kappa shape index (κ1) is 14.6. The first-order valence-corrected chi connectivity index (χ1v) is 8.06. The zero-order valence-electron chi connectivity index (χ0n) is 11.9. The van der Waals surface area contributed by atoms with E-state index in [-0.39, 0.29) is 5.41 Å². The maximum absolute atomic E-state index is 3.58. The van der Waals surface area contributed by atoms with Crippen LogP contribution in [-0.4, -0.2) is 0 Å². The summed E-state index contributed by atoms with van der Waals surface area (Å²) >= 11 is 5.47. The van der Waals surface area contributed by atoms with Crippen molar-refractivity contribution in [2.24, 2.45) is 0 Å². The second-order valence-corrected chi connectivity index (χ2v) is 7.88. The summed E-state index contributed by atoms with van der Waals surface area (Å²) in [5.74, 6) is 0. The molecule has 102 valence electrons. The fourth-order valence-corrected chi connectivity index (χ4v) is 3.22. The number of anilines is 1. The minimum absolute atomic E-state index is 0.243. The van der Waals surface area contributed by atoms with Gasteiger partial charge in [0, 0.05) is 26.5 Å². The van der Waals surface area contributed by atoms with E-state index in [1.54, 1.807) is 0 Å². The zero-order valence-corrected chi connectivity index (χ0v) is 14.3. The summed E-state index contributed by atoms with van der Waals surface area (Å²) in [5, 5.41) is 3.50.